The predicted molar refractivity (Wildman–Crippen MR) is 71.7 cm³/mol. The summed E-state index contributed by atoms with van der Waals surface area (Å²) >= 11 is 0. The first-order chi connectivity index (χ1) is 9.13. The molecule has 0 aliphatic heterocycles. The lowest BCUT2D eigenvalue weighted by molar-refractivity contribution is -0.385. The summed E-state index contributed by atoms with van der Waals surface area (Å²) in [5.41, 5.74) is 8.68. The number of nitro groups is 1. The van der Waals surface area contributed by atoms with Crippen molar-refractivity contribution in [2.75, 3.05) is 5.73 Å². The van der Waals surface area contributed by atoms with E-state index in [9.17, 15) is 10.1 Å². The molecule has 19 heavy (non-hydrogen) atoms. The van der Waals surface area contributed by atoms with E-state index in [1.54, 1.807) is 22.7 Å². The third kappa shape index (κ3) is 1.99. The van der Waals surface area contributed by atoms with Crippen LogP contribution in [0.5, 0.6) is 0 Å². The molecule has 3 aromatic rings. The minimum absolute atomic E-state index is 0.0315. The maximum atomic E-state index is 10.7. The summed E-state index contributed by atoms with van der Waals surface area (Å²) in [7, 11) is 0. The fraction of sp³-hybridized carbons (Fsp3) is 0. The number of nitrogens with two attached hydrogens (primary N) is 1. The molecule has 2 aromatic heterocycles. The van der Waals surface area contributed by atoms with E-state index in [2.05, 4.69) is 4.98 Å². The molecule has 2 N–H and O–H groups in total. The van der Waals surface area contributed by atoms with Gasteiger partial charge in [-0.15, -0.1) is 0 Å². The highest BCUT2D eigenvalue weighted by Gasteiger charge is 2.09. The largest absolute Gasteiger partial charge is 0.399 e. The fourth-order valence-corrected chi connectivity index (χ4v) is 1.93. The second-order valence-corrected chi connectivity index (χ2v) is 4.16. The predicted octanol–water partition coefficient (Wildman–Crippen LogP) is 2.49. The van der Waals surface area contributed by atoms with Crippen LogP contribution in [0, 0.1) is 10.1 Å². The van der Waals surface area contributed by atoms with E-state index in [-0.39, 0.29) is 5.69 Å². The van der Waals surface area contributed by atoms with Crippen molar-refractivity contribution in [3.8, 4) is 11.3 Å². The van der Waals surface area contributed by atoms with Gasteiger partial charge in [0.1, 0.15) is 5.65 Å². The second kappa shape index (κ2) is 4.09. The number of hydrogen-bond donors (Lipinski definition) is 1. The smallest absolute Gasteiger partial charge is 0.286 e. The standard InChI is InChI=1S/C13H10N4O2/c14-10-3-1-2-9(6-10)12-8-16-7-11(17(18)19)4-5-13(16)15-12/h1-8H,14H2. The molecule has 3 rings (SSSR count). The first-order valence-corrected chi connectivity index (χ1v) is 5.62. The Morgan fingerprint density at radius 2 is 2.05 bits per heavy atom. The van der Waals surface area contributed by atoms with Crippen LogP contribution in [0.4, 0.5) is 11.4 Å². The second-order valence-electron chi connectivity index (χ2n) is 4.16. The van der Waals surface area contributed by atoms with Crippen molar-refractivity contribution in [1.82, 2.24) is 9.38 Å². The molecule has 0 aliphatic rings. The number of rotatable bonds is 2. The Morgan fingerprint density at radius 3 is 2.79 bits per heavy atom. The number of hydrogen-bond acceptors (Lipinski definition) is 4. The highest BCUT2D eigenvalue weighted by Crippen LogP contribution is 2.22. The number of nitrogens with zero attached hydrogens (tertiary/aromatic N) is 3. The van der Waals surface area contributed by atoms with Crippen LogP contribution < -0.4 is 5.73 Å². The van der Waals surface area contributed by atoms with Crippen molar-refractivity contribution in [2.45, 2.75) is 0 Å². The van der Waals surface area contributed by atoms with Gasteiger partial charge in [-0.3, -0.25) is 14.5 Å². The lowest BCUT2D eigenvalue weighted by Gasteiger charge is -1.96. The molecule has 6 heteroatoms. The molecule has 0 spiro atoms. The Kier molecular flexibility index (Phi) is 2.42. The Bertz CT molecular complexity index is 779. The number of anilines is 1. The average Bonchev–Trinajstić information content (AvgIpc) is 2.81. The highest BCUT2D eigenvalue weighted by atomic mass is 16.6. The Morgan fingerprint density at radius 1 is 1.21 bits per heavy atom. The molecule has 0 amide bonds. The molecular formula is C13H10N4O2. The van der Waals surface area contributed by atoms with E-state index < -0.39 is 4.92 Å². The van der Waals surface area contributed by atoms with Crippen molar-refractivity contribution in [3.05, 3.63) is 58.9 Å². The summed E-state index contributed by atoms with van der Waals surface area (Å²) in [6.45, 7) is 0. The number of pyridine rings is 1. The zero-order valence-corrected chi connectivity index (χ0v) is 9.85. The van der Waals surface area contributed by atoms with E-state index in [0.717, 1.165) is 11.3 Å². The molecule has 0 radical (unpaired) electrons. The van der Waals surface area contributed by atoms with Gasteiger partial charge in [-0.25, -0.2) is 4.98 Å². The van der Waals surface area contributed by atoms with Gasteiger partial charge in [0, 0.05) is 23.5 Å². The van der Waals surface area contributed by atoms with Crippen LogP contribution >= 0.6 is 0 Å². The molecule has 1 aromatic carbocycles. The molecule has 2 heterocycles. The van der Waals surface area contributed by atoms with Gasteiger partial charge in [0.2, 0.25) is 0 Å². The van der Waals surface area contributed by atoms with Crippen LogP contribution in [0.1, 0.15) is 0 Å². The van der Waals surface area contributed by atoms with Gasteiger partial charge in [0.15, 0.2) is 0 Å². The summed E-state index contributed by atoms with van der Waals surface area (Å²) < 4.78 is 1.64. The lowest BCUT2D eigenvalue weighted by Crippen LogP contribution is -1.90. The quantitative estimate of drug-likeness (QED) is 0.432. The van der Waals surface area contributed by atoms with Gasteiger partial charge in [0.05, 0.1) is 16.8 Å². The van der Waals surface area contributed by atoms with Crippen molar-refractivity contribution < 1.29 is 4.92 Å². The number of nitrogen functional groups attached to an aromatic ring is 1. The number of aromatic nitrogens is 2. The third-order valence-corrected chi connectivity index (χ3v) is 2.83. The zero-order valence-electron chi connectivity index (χ0n) is 9.85. The van der Waals surface area contributed by atoms with Gasteiger partial charge in [0.25, 0.3) is 5.69 Å². The number of fused-ring (bicyclic) bond motifs is 1. The molecule has 0 atom stereocenters. The van der Waals surface area contributed by atoms with Crippen LogP contribution in [0.15, 0.2) is 48.8 Å². The van der Waals surface area contributed by atoms with Gasteiger partial charge in [-0.1, -0.05) is 12.1 Å². The van der Waals surface area contributed by atoms with Gasteiger partial charge < -0.3 is 5.73 Å². The Labute approximate surface area is 108 Å². The van der Waals surface area contributed by atoms with E-state index in [4.69, 9.17) is 5.73 Å². The number of benzene rings is 1. The molecule has 6 nitrogen and oxygen atoms in total. The van der Waals surface area contributed by atoms with Crippen LogP contribution in [-0.2, 0) is 0 Å². The maximum Gasteiger partial charge on any atom is 0.286 e. The van der Waals surface area contributed by atoms with E-state index in [0.29, 0.717) is 11.3 Å². The normalized spacial score (nSPS) is 10.7. The van der Waals surface area contributed by atoms with E-state index in [1.807, 2.05) is 18.2 Å². The molecule has 0 saturated carbocycles. The van der Waals surface area contributed by atoms with Crippen molar-refractivity contribution in [1.29, 1.82) is 0 Å². The van der Waals surface area contributed by atoms with E-state index in [1.165, 1.54) is 12.3 Å². The highest BCUT2D eigenvalue weighted by molar-refractivity contribution is 5.66. The minimum atomic E-state index is -0.431. The van der Waals surface area contributed by atoms with Crippen molar-refractivity contribution in [3.63, 3.8) is 0 Å². The summed E-state index contributed by atoms with van der Waals surface area (Å²) in [4.78, 5) is 14.7. The minimum Gasteiger partial charge on any atom is -0.399 e. The zero-order chi connectivity index (χ0) is 13.4. The molecule has 0 unspecified atom stereocenters. The van der Waals surface area contributed by atoms with Gasteiger partial charge in [-0.05, 0) is 18.2 Å². The number of imidazole rings is 1. The summed E-state index contributed by atoms with van der Waals surface area (Å²) in [6, 6.07) is 10.4. The average molecular weight is 254 g/mol. The monoisotopic (exact) mass is 254 g/mol. The van der Waals surface area contributed by atoms with E-state index >= 15 is 0 Å². The van der Waals surface area contributed by atoms with Crippen LogP contribution in [0.2, 0.25) is 0 Å². The Balaban J connectivity index is 2.14. The fourth-order valence-electron chi connectivity index (χ4n) is 1.93. The topological polar surface area (TPSA) is 86.5 Å². The van der Waals surface area contributed by atoms with Crippen LogP contribution in [0.3, 0.4) is 0 Å². The molecule has 0 aliphatic carbocycles. The maximum absolute atomic E-state index is 10.7. The lowest BCUT2D eigenvalue weighted by atomic mass is 10.1. The summed E-state index contributed by atoms with van der Waals surface area (Å²) in [6.07, 6.45) is 3.19. The molecule has 0 saturated heterocycles. The summed E-state index contributed by atoms with van der Waals surface area (Å²) in [5.74, 6) is 0. The molecular weight excluding hydrogens is 244 g/mol. The SMILES string of the molecule is Nc1cccc(-c2cn3cc([N+](=O)[O-])ccc3n2)c1. The van der Waals surface area contributed by atoms with Gasteiger partial charge >= 0.3 is 0 Å². The van der Waals surface area contributed by atoms with Crippen LogP contribution in [0.25, 0.3) is 16.9 Å². The van der Waals surface area contributed by atoms with Gasteiger partial charge in [-0.2, -0.15) is 0 Å². The first-order valence-electron chi connectivity index (χ1n) is 5.62. The molecule has 0 fully saturated rings. The van der Waals surface area contributed by atoms with Crippen molar-refractivity contribution in [2.24, 2.45) is 0 Å². The summed E-state index contributed by atoms with van der Waals surface area (Å²) in [5, 5.41) is 10.7. The van der Waals surface area contributed by atoms with Crippen molar-refractivity contribution >= 4 is 17.0 Å². The van der Waals surface area contributed by atoms with Crippen LogP contribution in [-0.4, -0.2) is 14.3 Å². The third-order valence-electron chi connectivity index (χ3n) is 2.83. The Hall–Kier alpha value is -2.89. The molecule has 0 bridgehead atoms. The molecule has 94 valence electrons. The first kappa shape index (κ1) is 11.2.